The van der Waals surface area contributed by atoms with Crippen LogP contribution in [0.1, 0.15) is 68.9 Å². The van der Waals surface area contributed by atoms with E-state index >= 15 is 0 Å². The number of benzene rings is 1. The van der Waals surface area contributed by atoms with Gasteiger partial charge in [0.1, 0.15) is 12.0 Å². The van der Waals surface area contributed by atoms with Crippen LogP contribution in [-0.4, -0.2) is 32.4 Å². The Hall–Kier alpha value is -1.39. The van der Waals surface area contributed by atoms with Gasteiger partial charge in [-0.2, -0.15) is 0 Å². The molecule has 0 amide bonds. The first kappa shape index (κ1) is 19.6. The van der Waals surface area contributed by atoms with Crippen LogP contribution in [0, 0.1) is 23.2 Å². The Morgan fingerprint density at radius 2 is 2.07 bits per heavy atom. The Morgan fingerprint density at radius 1 is 1.17 bits per heavy atom. The normalized spacial score (nSPS) is 41.2. The lowest BCUT2D eigenvalue weighted by Crippen LogP contribution is -2.48. The summed E-state index contributed by atoms with van der Waals surface area (Å²) in [4.78, 5) is 12.2. The van der Waals surface area contributed by atoms with Gasteiger partial charge in [0.05, 0.1) is 13.2 Å². The highest BCUT2D eigenvalue weighted by Gasteiger charge is 2.57. The highest BCUT2D eigenvalue weighted by Crippen LogP contribution is 2.62. The van der Waals surface area contributed by atoms with Gasteiger partial charge in [-0.1, -0.05) is 13.0 Å². The molecule has 4 nitrogen and oxygen atoms in total. The Kier molecular flexibility index (Phi) is 5.19. The molecule has 2 saturated carbocycles. The summed E-state index contributed by atoms with van der Waals surface area (Å²) in [5.41, 5.74) is 2.93. The second kappa shape index (κ2) is 7.70. The number of methoxy groups -OCH3 is 1. The summed E-state index contributed by atoms with van der Waals surface area (Å²) in [5, 5.41) is 0. The third-order valence-electron chi connectivity index (χ3n) is 8.57. The van der Waals surface area contributed by atoms with Crippen LogP contribution in [-0.2, 0) is 20.7 Å². The lowest BCUT2D eigenvalue weighted by Gasteiger charge is -2.52. The van der Waals surface area contributed by atoms with Crippen LogP contribution in [0.2, 0.25) is 0 Å². The van der Waals surface area contributed by atoms with Gasteiger partial charge in [0.25, 0.3) is 0 Å². The molecule has 4 heteroatoms. The minimum atomic E-state index is -0.0246. The molecule has 7 atom stereocenters. The molecule has 0 bridgehead atoms. The molecule has 4 aliphatic rings. The number of hydrogen-bond donors (Lipinski definition) is 0. The molecule has 3 aliphatic carbocycles. The van der Waals surface area contributed by atoms with Crippen molar-refractivity contribution in [2.45, 2.75) is 76.6 Å². The first-order chi connectivity index (χ1) is 14.1. The van der Waals surface area contributed by atoms with E-state index in [2.05, 4.69) is 25.1 Å². The molecule has 0 radical (unpaired) electrons. The number of aldehydes is 1. The Labute approximate surface area is 174 Å². The number of carbonyl (C=O) groups excluding carboxylic acids is 1. The van der Waals surface area contributed by atoms with E-state index in [0.717, 1.165) is 44.5 Å². The summed E-state index contributed by atoms with van der Waals surface area (Å²) < 4.78 is 17.9. The highest BCUT2D eigenvalue weighted by atomic mass is 16.7. The summed E-state index contributed by atoms with van der Waals surface area (Å²) >= 11 is 0. The van der Waals surface area contributed by atoms with Gasteiger partial charge >= 0.3 is 0 Å². The highest BCUT2D eigenvalue weighted by molar-refractivity contribution is 5.58. The van der Waals surface area contributed by atoms with Gasteiger partial charge in [-0.25, -0.2) is 0 Å². The molecular weight excluding hydrogens is 364 g/mol. The number of fused-ring (bicyclic) bond motifs is 5. The van der Waals surface area contributed by atoms with E-state index in [1.165, 1.54) is 36.7 Å². The van der Waals surface area contributed by atoms with E-state index in [9.17, 15) is 4.79 Å². The average Bonchev–Trinajstić information content (AvgIpc) is 3.09. The van der Waals surface area contributed by atoms with Crippen molar-refractivity contribution < 1.29 is 19.0 Å². The van der Waals surface area contributed by atoms with Gasteiger partial charge < -0.3 is 19.0 Å². The third-order valence-corrected chi connectivity index (χ3v) is 8.57. The van der Waals surface area contributed by atoms with Gasteiger partial charge in [-0.05, 0) is 97.8 Å². The zero-order valence-electron chi connectivity index (χ0n) is 17.8. The fraction of sp³-hybridized carbons (Fsp3) is 0.720. The van der Waals surface area contributed by atoms with E-state index in [0.29, 0.717) is 17.8 Å². The van der Waals surface area contributed by atoms with Gasteiger partial charge in [-0.3, -0.25) is 0 Å². The molecule has 3 fully saturated rings. The zero-order chi connectivity index (χ0) is 20.0. The van der Waals surface area contributed by atoms with E-state index in [1.54, 1.807) is 7.11 Å². The molecule has 158 valence electrons. The van der Waals surface area contributed by atoms with Crippen molar-refractivity contribution in [3.63, 3.8) is 0 Å². The molecule has 1 unspecified atom stereocenters. The second-order valence-electron chi connectivity index (χ2n) is 9.90. The van der Waals surface area contributed by atoms with Gasteiger partial charge in [0.15, 0.2) is 6.29 Å². The summed E-state index contributed by atoms with van der Waals surface area (Å²) in [6, 6.07) is 6.50. The molecule has 5 rings (SSSR count). The smallest absolute Gasteiger partial charge is 0.157 e. The van der Waals surface area contributed by atoms with Crippen LogP contribution in [0.3, 0.4) is 0 Å². The maximum absolute atomic E-state index is 12.2. The predicted molar refractivity (Wildman–Crippen MR) is 111 cm³/mol. The van der Waals surface area contributed by atoms with Crippen molar-refractivity contribution in [1.82, 2.24) is 0 Å². The van der Waals surface area contributed by atoms with Crippen molar-refractivity contribution >= 4 is 6.29 Å². The largest absolute Gasteiger partial charge is 0.497 e. The van der Waals surface area contributed by atoms with Crippen LogP contribution in [0.4, 0.5) is 0 Å². The lowest BCUT2D eigenvalue weighted by atomic mass is 9.52. The van der Waals surface area contributed by atoms with Crippen molar-refractivity contribution in [3.05, 3.63) is 29.3 Å². The molecule has 0 N–H and O–H groups in total. The fourth-order valence-corrected chi connectivity index (χ4v) is 7.11. The van der Waals surface area contributed by atoms with Crippen LogP contribution in [0.15, 0.2) is 18.2 Å². The molecule has 0 spiro atoms. The van der Waals surface area contributed by atoms with Crippen molar-refractivity contribution in [1.29, 1.82) is 0 Å². The molecule has 1 aromatic rings. The standard InChI is InChI=1S/C25H34O4/c1-25-11-10-20-19-7-6-18(27-2)14-16(19)13-17(15-26)24(20)21(25)8-9-22(25)29-23-5-3-4-12-28-23/h6-7,14-15,17,20-24H,3-5,8-13H2,1-2H3/t17-,20+,21-,22-,23?,24+,25-/m0/s1. The monoisotopic (exact) mass is 398 g/mol. The van der Waals surface area contributed by atoms with Crippen LogP contribution < -0.4 is 4.74 Å². The number of rotatable bonds is 4. The minimum absolute atomic E-state index is 0.0246. The second-order valence-corrected chi connectivity index (χ2v) is 9.90. The van der Waals surface area contributed by atoms with E-state index in [1.807, 2.05) is 0 Å². The first-order valence-corrected chi connectivity index (χ1v) is 11.5. The van der Waals surface area contributed by atoms with Crippen LogP contribution in [0.25, 0.3) is 0 Å². The average molecular weight is 399 g/mol. The topological polar surface area (TPSA) is 44.8 Å². The zero-order valence-corrected chi connectivity index (χ0v) is 17.8. The van der Waals surface area contributed by atoms with Gasteiger partial charge in [0, 0.05) is 12.5 Å². The van der Waals surface area contributed by atoms with E-state index < -0.39 is 0 Å². The molecule has 0 aromatic heterocycles. The summed E-state index contributed by atoms with van der Waals surface area (Å²) in [5.74, 6) is 2.49. The maximum Gasteiger partial charge on any atom is 0.157 e. The Bertz CT molecular complexity index is 755. The van der Waals surface area contributed by atoms with Gasteiger partial charge in [0.2, 0.25) is 0 Å². The van der Waals surface area contributed by atoms with Crippen LogP contribution >= 0.6 is 0 Å². The molecule has 1 saturated heterocycles. The molecule has 1 aromatic carbocycles. The lowest BCUT2D eigenvalue weighted by molar-refractivity contribution is -0.213. The van der Waals surface area contributed by atoms with Crippen molar-refractivity contribution in [2.24, 2.45) is 23.2 Å². The molecule has 1 aliphatic heterocycles. The van der Waals surface area contributed by atoms with E-state index in [4.69, 9.17) is 14.2 Å². The van der Waals surface area contributed by atoms with E-state index in [-0.39, 0.29) is 23.7 Å². The molecule has 1 heterocycles. The maximum atomic E-state index is 12.2. The summed E-state index contributed by atoms with van der Waals surface area (Å²) in [7, 11) is 1.71. The number of carbonyl (C=O) groups is 1. The molecule has 29 heavy (non-hydrogen) atoms. The quantitative estimate of drug-likeness (QED) is 0.678. The van der Waals surface area contributed by atoms with Gasteiger partial charge in [-0.15, -0.1) is 0 Å². The fourth-order valence-electron chi connectivity index (χ4n) is 7.11. The SMILES string of the molecule is COc1ccc2c(c1)C[C@@H](C=O)[C@@H]1[C@@H]2CC[C@]2(C)[C@@H](OC3CCCCO3)CC[C@@H]12. The summed E-state index contributed by atoms with van der Waals surface area (Å²) in [6.45, 7) is 3.26. The number of ether oxygens (including phenoxy) is 3. The third kappa shape index (κ3) is 3.23. The Balaban J connectivity index is 1.41. The summed E-state index contributed by atoms with van der Waals surface area (Å²) in [6.07, 6.45) is 10.3. The predicted octanol–water partition coefficient (Wildman–Crippen LogP) is 4.89. The molecular formula is C25H34O4. The van der Waals surface area contributed by atoms with Crippen LogP contribution in [0.5, 0.6) is 5.75 Å². The minimum Gasteiger partial charge on any atom is -0.497 e. The van der Waals surface area contributed by atoms with Crippen molar-refractivity contribution in [2.75, 3.05) is 13.7 Å². The Morgan fingerprint density at radius 3 is 2.83 bits per heavy atom. The first-order valence-electron chi connectivity index (χ1n) is 11.5. The number of hydrogen-bond acceptors (Lipinski definition) is 4. The van der Waals surface area contributed by atoms with Crippen molar-refractivity contribution in [3.8, 4) is 5.75 Å².